The minimum Gasteiger partial charge on any atom is -0.315 e. The first kappa shape index (κ1) is 16.1. The van der Waals surface area contributed by atoms with Crippen molar-refractivity contribution in [2.45, 2.75) is 0 Å². The van der Waals surface area contributed by atoms with E-state index in [1.807, 2.05) is 36.0 Å². The van der Waals surface area contributed by atoms with Crippen LogP contribution < -0.4 is 9.80 Å². The molecule has 25 heavy (non-hydrogen) atoms. The van der Waals surface area contributed by atoms with E-state index in [4.69, 9.17) is 5.41 Å². The van der Waals surface area contributed by atoms with Gasteiger partial charge in [0.1, 0.15) is 0 Å². The van der Waals surface area contributed by atoms with E-state index in [1.165, 1.54) is 21.9 Å². The molecule has 1 aliphatic carbocycles. The Morgan fingerprint density at radius 3 is 2.52 bits per heavy atom. The monoisotopic (exact) mass is 439 g/mol. The third-order valence-electron chi connectivity index (χ3n) is 4.72. The molecule has 0 saturated heterocycles. The third-order valence-corrected chi connectivity index (χ3v) is 5.39. The Balaban J connectivity index is 1.72. The molecule has 0 amide bonds. The lowest BCUT2D eigenvalue weighted by Gasteiger charge is -2.29. The van der Waals surface area contributed by atoms with Crippen molar-refractivity contribution >= 4 is 62.8 Å². The van der Waals surface area contributed by atoms with Gasteiger partial charge in [0.25, 0.3) is 0 Å². The van der Waals surface area contributed by atoms with Crippen molar-refractivity contribution in [3.05, 3.63) is 69.3 Å². The molecule has 0 heterocycles. The number of nitrogens with one attached hydrogen (secondary N) is 1. The summed E-state index contributed by atoms with van der Waals surface area (Å²) in [5.74, 6) is 0.440. The summed E-state index contributed by atoms with van der Waals surface area (Å²) in [6.07, 6.45) is 4.31. The van der Waals surface area contributed by atoms with Crippen LogP contribution in [0.5, 0.6) is 0 Å². The Morgan fingerprint density at radius 2 is 1.72 bits per heavy atom. The summed E-state index contributed by atoms with van der Waals surface area (Å²) >= 11 is 2.30. The first-order valence-corrected chi connectivity index (χ1v) is 9.19. The fraction of sp³-hybridized carbons (Fsp3) is 0.0952. The number of anilines is 2. The average molecular weight is 439 g/mol. The Kier molecular flexibility index (Phi) is 4.00. The average Bonchev–Trinajstić information content (AvgIpc) is 3.06. The van der Waals surface area contributed by atoms with E-state index < -0.39 is 0 Å². The van der Waals surface area contributed by atoms with Crippen LogP contribution in [0.4, 0.5) is 11.4 Å². The number of halogens is 1. The fourth-order valence-electron chi connectivity index (χ4n) is 3.34. The van der Waals surface area contributed by atoms with Gasteiger partial charge in [-0.3, -0.25) is 5.41 Å². The Bertz CT molecular complexity index is 1020. The minimum atomic E-state index is 0.440. The largest absolute Gasteiger partial charge is 0.315 e. The first-order valence-electron chi connectivity index (χ1n) is 8.11. The molecule has 0 saturated carbocycles. The highest BCUT2D eigenvalue weighted by molar-refractivity contribution is 14.1. The van der Waals surface area contributed by atoms with Crippen molar-refractivity contribution < 1.29 is 0 Å². The predicted octanol–water partition coefficient (Wildman–Crippen LogP) is 5.44. The summed E-state index contributed by atoms with van der Waals surface area (Å²) in [6, 6.07) is 18.8. The lowest BCUT2D eigenvalue weighted by molar-refractivity contribution is 1.12. The van der Waals surface area contributed by atoms with Gasteiger partial charge in [-0.2, -0.15) is 0 Å². The van der Waals surface area contributed by atoms with Crippen LogP contribution in [-0.4, -0.2) is 20.1 Å². The molecule has 4 rings (SSSR count). The van der Waals surface area contributed by atoms with E-state index >= 15 is 0 Å². The fourth-order valence-corrected chi connectivity index (χ4v) is 3.87. The van der Waals surface area contributed by atoms with Crippen LogP contribution in [0.1, 0.15) is 11.1 Å². The normalized spacial score (nSPS) is 11.8. The number of guanidine groups is 1. The minimum absolute atomic E-state index is 0.440. The van der Waals surface area contributed by atoms with Gasteiger partial charge in [0.2, 0.25) is 5.96 Å². The van der Waals surface area contributed by atoms with Gasteiger partial charge in [-0.15, -0.1) is 0 Å². The zero-order valence-electron chi connectivity index (χ0n) is 14.1. The highest BCUT2D eigenvalue weighted by atomic mass is 127. The SMILES string of the molecule is CN(C(=N)N(C)c1ccc2cccc3c2c1C=C3)c1cccc(I)c1. The zero-order valence-corrected chi connectivity index (χ0v) is 16.3. The Morgan fingerprint density at radius 1 is 0.920 bits per heavy atom. The second-order valence-electron chi connectivity index (χ2n) is 6.20. The lowest BCUT2D eigenvalue weighted by atomic mass is 10.0. The van der Waals surface area contributed by atoms with Crippen LogP contribution in [-0.2, 0) is 0 Å². The summed E-state index contributed by atoms with van der Waals surface area (Å²) in [7, 11) is 3.89. The Hall–Kier alpha value is -2.34. The van der Waals surface area contributed by atoms with Gasteiger partial charge < -0.3 is 9.80 Å². The summed E-state index contributed by atoms with van der Waals surface area (Å²) in [6.45, 7) is 0. The van der Waals surface area contributed by atoms with E-state index in [0.717, 1.165) is 14.9 Å². The summed E-state index contributed by atoms with van der Waals surface area (Å²) < 4.78 is 1.16. The number of benzene rings is 3. The van der Waals surface area contributed by atoms with Gasteiger partial charge in [-0.1, -0.05) is 42.5 Å². The van der Waals surface area contributed by atoms with Crippen LogP contribution in [0.2, 0.25) is 0 Å². The van der Waals surface area contributed by atoms with E-state index in [-0.39, 0.29) is 0 Å². The third kappa shape index (κ3) is 2.70. The van der Waals surface area contributed by atoms with Gasteiger partial charge in [0.05, 0.1) is 5.69 Å². The van der Waals surface area contributed by atoms with Crippen molar-refractivity contribution in [3.8, 4) is 0 Å². The van der Waals surface area contributed by atoms with Crippen LogP contribution in [0.3, 0.4) is 0 Å². The number of nitrogens with zero attached hydrogens (tertiary/aromatic N) is 2. The molecular weight excluding hydrogens is 421 g/mol. The standard InChI is InChI=1S/C21H18IN3/c1-24(17-8-4-7-16(22)13-17)21(23)25(2)19-12-10-15-6-3-5-14-9-11-18(19)20(14)15/h3-13,23H,1-2H3. The highest BCUT2D eigenvalue weighted by Crippen LogP contribution is 2.37. The molecule has 0 aromatic heterocycles. The van der Waals surface area contributed by atoms with E-state index in [2.05, 4.69) is 77.2 Å². The van der Waals surface area contributed by atoms with Crippen LogP contribution >= 0.6 is 22.6 Å². The molecule has 0 spiro atoms. The molecule has 0 atom stereocenters. The van der Waals surface area contributed by atoms with Gasteiger partial charge in [-0.25, -0.2) is 0 Å². The number of rotatable bonds is 2. The summed E-state index contributed by atoms with van der Waals surface area (Å²) in [5.41, 5.74) is 4.50. The second-order valence-corrected chi connectivity index (χ2v) is 7.44. The molecule has 0 bridgehead atoms. The Labute approximate surface area is 161 Å². The second kappa shape index (κ2) is 6.19. The summed E-state index contributed by atoms with van der Waals surface area (Å²) in [4.78, 5) is 3.85. The molecule has 0 aliphatic heterocycles. The molecule has 3 nitrogen and oxygen atoms in total. The quantitative estimate of drug-likeness (QED) is 0.256. The topological polar surface area (TPSA) is 30.3 Å². The highest BCUT2D eigenvalue weighted by Gasteiger charge is 2.19. The number of hydrogen-bond acceptors (Lipinski definition) is 1. The molecule has 1 N–H and O–H groups in total. The van der Waals surface area contributed by atoms with Crippen LogP contribution in [0, 0.1) is 8.98 Å². The van der Waals surface area contributed by atoms with Gasteiger partial charge in [0.15, 0.2) is 0 Å². The van der Waals surface area contributed by atoms with Crippen molar-refractivity contribution in [3.63, 3.8) is 0 Å². The van der Waals surface area contributed by atoms with Gasteiger partial charge >= 0.3 is 0 Å². The van der Waals surface area contributed by atoms with Gasteiger partial charge in [0, 0.05) is 28.9 Å². The van der Waals surface area contributed by atoms with Crippen LogP contribution in [0.15, 0.2) is 54.6 Å². The smallest absolute Gasteiger partial charge is 0.202 e. The first-order chi connectivity index (χ1) is 12.1. The van der Waals surface area contributed by atoms with E-state index in [0.29, 0.717) is 5.96 Å². The van der Waals surface area contributed by atoms with E-state index in [1.54, 1.807) is 0 Å². The maximum atomic E-state index is 8.67. The maximum absolute atomic E-state index is 8.67. The maximum Gasteiger partial charge on any atom is 0.202 e. The molecule has 0 unspecified atom stereocenters. The summed E-state index contributed by atoms with van der Waals surface area (Å²) in [5, 5.41) is 11.2. The molecular formula is C21H18IN3. The van der Waals surface area contributed by atoms with Crippen molar-refractivity contribution in [1.82, 2.24) is 0 Å². The zero-order chi connectivity index (χ0) is 17.6. The van der Waals surface area contributed by atoms with E-state index in [9.17, 15) is 0 Å². The predicted molar refractivity (Wildman–Crippen MR) is 117 cm³/mol. The molecule has 124 valence electrons. The van der Waals surface area contributed by atoms with Crippen molar-refractivity contribution in [2.75, 3.05) is 23.9 Å². The van der Waals surface area contributed by atoms with Gasteiger partial charge in [-0.05, 0) is 63.2 Å². The number of hydrogen-bond donors (Lipinski definition) is 1. The molecule has 0 radical (unpaired) electrons. The molecule has 0 fully saturated rings. The lowest BCUT2D eigenvalue weighted by Crippen LogP contribution is -2.40. The molecule has 3 aromatic rings. The van der Waals surface area contributed by atoms with Crippen molar-refractivity contribution in [1.29, 1.82) is 5.41 Å². The molecule has 3 aromatic carbocycles. The molecule has 4 heteroatoms. The van der Waals surface area contributed by atoms with Crippen molar-refractivity contribution in [2.24, 2.45) is 0 Å². The van der Waals surface area contributed by atoms with Crippen LogP contribution in [0.25, 0.3) is 22.9 Å². The molecule has 1 aliphatic rings.